The summed E-state index contributed by atoms with van der Waals surface area (Å²) in [6, 6.07) is 8.79. The van der Waals surface area contributed by atoms with E-state index in [0.29, 0.717) is 22.3 Å². The molecule has 2 aromatic rings. The molecule has 12 heteroatoms. The Bertz CT molecular complexity index is 1190. The van der Waals surface area contributed by atoms with Crippen molar-refractivity contribution in [2.45, 2.75) is 41.0 Å². The first-order chi connectivity index (χ1) is 18.4. The number of amides is 1. The van der Waals surface area contributed by atoms with Gasteiger partial charge in [0.1, 0.15) is 0 Å². The van der Waals surface area contributed by atoms with E-state index in [4.69, 9.17) is 4.74 Å². The summed E-state index contributed by atoms with van der Waals surface area (Å²) >= 11 is 0.637. The number of carbonyl (C=O) groups is 1. The van der Waals surface area contributed by atoms with Gasteiger partial charge in [-0.1, -0.05) is 30.0 Å². The molecule has 2 aliphatic rings. The van der Waals surface area contributed by atoms with Gasteiger partial charge in [0.25, 0.3) is 0 Å². The molecule has 2 aromatic carbocycles. The largest absolute Gasteiger partial charge is 0.418 e. The maximum absolute atomic E-state index is 14.3. The number of carbonyl (C=O) groups excluding carboxylic acids is 1. The second-order valence-electron chi connectivity index (χ2n) is 9.49. The molecule has 2 heterocycles. The molecule has 2 aliphatic heterocycles. The fourth-order valence-corrected chi connectivity index (χ4v) is 5.70. The van der Waals surface area contributed by atoms with Crippen LogP contribution in [0.4, 0.5) is 32.0 Å². The Morgan fingerprint density at radius 3 is 2.21 bits per heavy atom. The summed E-state index contributed by atoms with van der Waals surface area (Å²) in [5.41, 5.74) is -3.74. The van der Waals surface area contributed by atoms with Crippen molar-refractivity contribution in [3.63, 3.8) is 0 Å². The Labute approximate surface area is 227 Å². The van der Waals surface area contributed by atoms with Gasteiger partial charge in [-0.2, -0.15) is 26.3 Å². The molecular weight excluding hydrogens is 544 g/mol. The summed E-state index contributed by atoms with van der Waals surface area (Å²) < 4.78 is 90.5. The summed E-state index contributed by atoms with van der Waals surface area (Å²) in [5, 5.41) is 3.36. The van der Waals surface area contributed by atoms with Crippen LogP contribution in [0.3, 0.4) is 0 Å². The van der Waals surface area contributed by atoms with E-state index in [1.165, 1.54) is 4.90 Å². The van der Waals surface area contributed by atoms with Gasteiger partial charge in [0.05, 0.1) is 24.3 Å². The van der Waals surface area contributed by atoms with Gasteiger partial charge in [-0.3, -0.25) is 4.79 Å². The average Bonchev–Trinajstić information content (AvgIpc) is 2.89. The predicted octanol–water partition coefficient (Wildman–Crippen LogP) is 6.25. The van der Waals surface area contributed by atoms with E-state index in [1.807, 2.05) is 7.05 Å². The number of piperidine rings is 1. The fourth-order valence-electron chi connectivity index (χ4n) is 4.63. The minimum Gasteiger partial charge on any atom is -0.381 e. The molecule has 2 fully saturated rings. The summed E-state index contributed by atoms with van der Waals surface area (Å²) in [6.07, 6.45) is -7.24. The molecule has 1 N–H and O–H groups in total. The average molecular weight is 574 g/mol. The highest BCUT2D eigenvalue weighted by molar-refractivity contribution is 7.99. The van der Waals surface area contributed by atoms with Crippen LogP contribution in [-0.2, 0) is 21.9 Å². The molecule has 0 atom stereocenters. The Kier molecular flexibility index (Phi) is 9.18. The topological polar surface area (TPSA) is 44.8 Å². The number of nitrogens with zero attached hydrogens (tertiary/aromatic N) is 2. The number of halogens is 6. The Balaban J connectivity index is 1.69. The zero-order valence-corrected chi connectivity index (χ0v) is 22.1. The number of alkyl halides is 6. The second-order valence-corrected chi connectivity index (χ2v) is 10.6. The molecule has 0 unspecified atom stereocenters. The highest BCUT2D eigenvalue weighted by Crippen LogP contribution is 2.49. The van der Waals surface area contributed by atoms with Crippen LogP contribution < -0.4 is 5.32 Å². The zero-order valence-electron chi connectivity index (χ0n) is 21.2. The molecule has 0 bridgehead atoms. The molecule has 0 spiro atoms. The minimum absolute atomic E-state index is 0.104. The number of likely N-dealkylation sites (tertiary alicyclic amines) is 1. The van der Waals surface area contributed by atoms with Crippen molar-refractivity contribution in [1.29, 1.82) is 0 Å². The number of morpholine rings is 1. The van der Waals surface area contributed by atoms with Crippen LogP contribution in [0.25, 0.3) is 6.08 Å². The highest BCUT2D eigenvalue weighted by Gasteiger charge is 2.46. The van der Waals surface area contributed by atoms with E-state index in [9.17, 15) is 31.1 Å². The van der Waals surface area contributed by atoms with E-state index in [-0.39, 0.29) is 32.3 Å². The van der Waals surface area contributed by atoms with E-state index < -0.39 is 39.8 Å². The van der Waals surface area contributed by atoms with Gasteiger partial charge in [-0.05, 0) is 62.8 Å². The number of rotatable bonds is 6. The molecule has 0 radical (unpaired) electrons. The van der Waals surface area contributed by atoms with Crippen LogP contribution in [0, 0.1) is 0 Å². The number of anilines is 1. The molecule has 5 nitrogen and oxygen atoms in total. The molecule has 2 saturated heterocycles. The first-order valence-corrected chi connectivity index (χ1v) is 13.3. The Morgan fingerprint density at radius 2 is 1.56 bits per heavy atom. The zero-order chi connectivity index (χ0) is 28.2. The van der Waals surface area contributed by atoms with E-state index >= 15 is 0 Å². The monoisotopic (exact) mass is 573 g/mol. The lowest BCUT2D eigenvalue weighted by molar-refractivity contribution is -0.163. The highest BCUT2D eigenvalue weighted by atomic mass is 32.2. The van der Waals surface area contributed by atoms with Gasteiger partial charge >= 0.3 is 12.4 Å². The second kappa shape index (κ2) is 12.2. The normalized spacial score (nSPS) is 18.1. The first-order valence-electron chi connectivity index (χ1n) is 12.5. The molecule has 0 saturated carbocycles. The Hall–Kier alpha value is -2.70. The summed E-state index contributed by atoms with van der Waals surface area (Å²) in [4.78, 5) is 15.8. The van der Waals surface area contributed by atoms with Crippen LogP contribution in [-0.4, -0.2) is 68.2 Å². The van der Waals surface area contributed by atoms with Gasteiger partial charge < -0.3 is 19.9 Å². The van der Waals surface area contributed by atoms with Gasteiger partial charge in [0, 0.05) is 40.7 Å². The summed E-state index contributed by atoms with van der Waals surface area (Å²) in [5.74, 6) is -0.590. The van der Waals surface area contributed by atoms with Crippen molar-refractivity contribution in [3.05, 3.63) is 59.2 Å². The maximum atomic E-state index is 14.3. The van der Waals surface area contributed by atoms with Gasteiger partial charge in [-0.15, -0.1) is 0 Å². The molecule has 1 amide bonds. The molecule has 212 valence electrons. The van der Waals surface area contributed by atoms with E-state index in [1.54, 1.807) is 24.3 Å². The lowest BCUT2D eigenvalue weighted by atomic mass is 9.99. The predicted molar refractivity (Wildman–Crippen MR) is 138 cm³/mol. The molecule has 0 aromatic heterocycles. The van der Waals surface area contributed by atoms with Gasteiger partial charge in [0.15, 0.2) is 0 Å². The number of nitrogens with one attached hydrogen (secondary N) is 1. The maximum Gasteiger partial charge on any atom is 0.418 e. The molecule has 4 rings (SSSR count). The van der Waals surface area contributed by atoms with Crippen LogP contribution in [0.2, 0.25) is 0 Å². The number of para-hydroxylation sites is 1. The third-order valence-electron chi connectivity index (χ3n) is 6.68. The van der Waals surface area contributed by atoms with Crippen molar-refractivity contribution in [3.8, 4) is 0 Å². The van der Waals surface area contributed by atoms with Crippen molar-refractivity contribution >= 4 is 29.4 Å². The lowest BCUT2D eigenvalue weighted by Crippen LogP contribution is -2.39. The third-order valence-corrected chi connectivity index (χ3v) is 7.82. The summed E-state index contributed by atoms with van der Waals surface area (Å²) in [7, 11) is 2.01. The van der Waals surface area contributed by atoms with Crippen molar-refractivity contribution in [2.75, 3.05) is 51.8 Å². The number of ether oxygens (including phenoxy) is 1. The Morgan fingerprint density at radius 1 is 0.923 bits per heavy atom. The molecule has 39 heavy (non-hydrogen) atoms. The number of hydrogen-bond acceptors (Lipinski definition) is 5. The summed E-state index contributed by atoms with van der Waals surface area (Å²) in [6.45, 7) is 2.80. The molecular formula is C27H29F6N3O2S. The van der Waals surface area contributed by atoms with Crippen molar-refractivity contribution in [2.24, 2.45) is 0 Å². The van der Waals surface area contributed by atoms with Gasteiger partial charge in [-0.25, -0.2) is 0 Å². The fraction of sp³-hybridized carbons (Fsp3) is 0.444. The quantitative estimate of drug-likeness (QED) is 0.327. The lowest BCUT2D eigenvalue weighted by Gasteiger charge is -2.30. The van der Waals surface area contributed by atoms with E-state index in [2.05, 4.69) is 10.2 Å². The SMILES string of the molecule is CN1CCC(Nc2ccccc2Sc2ccc(/C=C/C(=O)N3CCOCC3)c(C(F)(F)F)c2C(F)(F)F)CC1. The number of benzene rings is 2. The van der Waals surface area contributed by atoms with Gasteiger partial charge in [0.2, 0.25) is 5.91 Å². The smallest absolute Gasteiger partial charge is 0.381 e. The van der Waals surface area contributed by atoms with Crippen molar-refractivity contribution < 1.29 is 35.9 Å². The molecule has 0 aliphatic carbocycles. The van der Waals surface area contributed by atoms with Crippen molar-refractivity contribution in [1.82, 2.24) is 9.80 Å². The van der Waals surface area contributed by atoms with Crippen LogP contribution in [0.1, 0.15) is 29.5 Å². The minimum atomic E-state index is -5.31. The third kappa shape index (κ3) is 7.49. The standard InChI is InChI=1S/C27H29F6N3O2S/c1-35-12-10-19(11-13-35)34-20-4-2-3-5-21(20)39-22-8-6-18(7-9-23(37)36-14-16-38-17-15-36)24(26(28,29)30)25(22)27(31,32)33/h2-9,19,34H,10-17H2,1H3/b9-7+. The number of hydrogen-bond donors (Lipinski definition) is 1. The van der Waals surface area contributed by atoms with E-state index in [0.717, 1.165) is 50.2 Å². The first kappa shape index (κ1) is 29.3. The van der Waals surface area contributed by atoms with Crippen LogP contribution >= 0.6 is 11.8 Å². The van der Waals surface area contributed by atoms with Crippen LogP contribution in [0.15, 0.2) is 52.3 Å². The van der Waals surface area contributed by atoms with Crippen LogP contribution in [0.5, 0.6) is 0 Å².